The van der Waals surface area contributed by atoms with E-state index in [1.807, 2.05) is 0 Å². The van der Waals surface area contributed by atoms with Gasteiger partial charge in [0.2, 0.25) is 5.28 Å². The summed E-state index contributed by atoms with van der Waals surface area (Å²) >= 11 is 0. The van der Waals surface area contributed by atoms with E-state index in [4.69, 9.17) is 5.11 Å². The fraction of sp³-hybridized carbons (Fsp3) is 0.778. The Morgan fingerprint density at radius 3 is 2.83 bits per heavy atom. The molecule has 0 aliphatic carbocycles. The maximum atomic E-state index is 11.5. The molecule has 102 valence electrons. The standard InChI is InChI=1S/C9H15N3O6/c1-6(13)17-7(2)18-10-12(16)11-5-3-4-8(11)9(14)15/h7-8H,3-5H2,1-2H3,(H,14,15)/b12-10+/t7?,8-/m0/s1. The Labute approximate surface area is 103 Å². The maximum absolute atomic E-state index is 11.5. The maximum Gasteiger partial charge on any atom is 0.332 e. The number of carbonyl (C=O) groups is 2. The highest BCUT2D eigenvalue weighted by molar-refractivity contribution is 5.73. The minimum Gasteiger partial charge on any atom is -0.569 e. The molecule has 1 aliphatic heterocycles. The van der Waals surface area contributed by atoms with Crippen LogP contribution in [0.2, 0.25) is 0 Å². The molecule has 1 fully saturated rings. The van der Waals surface area contributed by atoms with E-state index in [9.17, 15) is 14.8 Å². The second-order valence-electron chi connectivity index (χ2n) is 3.78. The SMILES string of the molecule is CC(=O)OC(C)O/N=[N+](/[O-])N1CCC[C@H]1C(=O)O. The Balaban J connectivity index is 2.55. The Morgan fingerprint density at radius 2 is 2.28 bits per heavy atom. The van der Waals surface area contributed by atoms with Crippen LogP contribution in [0.25, 0.3) is 0 Å². The van der Waals surface area contributed by atoms with Gasteiger partial charge in [0.15, 0.2) is 6.04 Å². The normalized spacial score (nSPS) is 21.6. The molecule has 1 N–H and O–H groups in total. The fourth-order valence-electron chi connectivity index (χ4n) is 1.62. The molecule has 0 spiro atoms. The summed E-state index contributed by atoms with van der Waals surface area (Å²) in [6.45, 7) is 2.86. The van der Waals surface area contributed by atoms with Gasteiger partial charge < -0.3 is 15.1 Å². The van der Waals surface area contributed by atoms with Crippen molar-refractivity contribution in [2.45, 2.75) is 39.0 Å². The van der Waals surface area contributed by atoms with E-state index in [1.54, 1.807) is 0 Å². The van der Waals surface area contributed by atoms with Crippen LogP contribution in [0.4, 0.5) is 0 Å². The molecule has 0 aromatic heterocycles. The van der Waals surface area contributed by atoms with Crippen molar-refractivity contribution < 1.29 is 29.2 Å². The summed E-state index contributed by atoms with van der Waals surface area (Å²) in [6, 6.07) is -0.904. The third-order valence-electron chi connectivity index (χ3n) is 2.33. The second kappa shape index (κ2) is 6.03. The van der Waals surface area contributed by atoms with Crippen molar-refractivity contribution in [1.29, 1.82) is 0 Å². The van der Waals surface area contributed by atoms with Crippen LogP contribution < -0.4 is 0 Å². The van der Waals surface area contributed by atoms with E-state index < -0.39 is 24.3 Å². The van der Waals surface area contributed by atoms with Gasteiger partial charge in [-0.15, -0.1) is 5.01 Å². The summed E-state index contributed by atoms with van der Waals surface area (Å²) < 4.78 is 4.58. The molecule has 18 heavy (non-hydrogen) atoms. The number of carboxylic acids is 1. The average molecular weight is 261 g/mol. The molecule has 0 radical (unpaired) electrons. The largest absolute Gasteiger partial charge is 0.569 e. The molecular formula is C9H15N3O6. The number of carbonyl (C=O) groups excluding carboxylic acids is 1. The highest BCUT2D eigenvalue weighted by atomic mass is 16.8. The van der Waals surface area contributed by atoms with Crippen LogP contribution in [0, 0.1) is 5.21 Å². The summed E-state index contributed by atoms with van der Waals surface area (Å²) in [5.74, 6) is -1.66. The third kappa shape index (κ3) is 3.75. The topological polar surface area (TPSA) is 114 Å². The van der Waals surface area contributed by atoms with Crippen molar-refractivity contribution in [3.05, 3.63) is 5.21 Å². The molecule has 0 aromatic carbocycles. The lowest BCUT2D eigenvalue weighted by Crippen LogP contribution is -2.40. The second-order valence-corrected chi connectivity index (χ2v) is 3.78. The monoisotopic (exact) mass is 261 g/mol. The molecule has 2 atom stereocenters. The van der Waals surface area contributed by atoms with Crippen LogP contribution in [0.5, 0.6) is 0 Å². The molecule has 1 rings (SSSR count). The molecule has 1 saturated heterocycles. The lowest BCUT2D eigenvalue weighted by molar-refractivity contribution is -0.714. The first-order chi connectivity index (χ1) is 8.41. The minimum absolute atomic E-state index is 0.0752. The number of rotatable bonds is 5. The Bertz CT molecular complexity index is 358. The highest BCUT2D eigenvalue weighted by Gasteiger charge is 2.36. The van der Waals surface area contributed by atoms with Crippen LogP contribution in [0.1, 0.15) is 26.7 Å². The molecule has 0 amide bonds. The Hall–Kier alpha value is -2.06. The highest BCUT2D eigenvalue weighted by Crippen LogP contribution is 2.17. The van der Waals surface area contributed by atoms with E-state index in [-0.39, 0.29) is 11.5 Å². The molecule has 1 aliphatic rings. The van der Waals surface area contributed by atoms with Crippen molar-refractivity contribution in [2.24, 2.45) is 5.28 Å². The zero-order chi connectivity index (χ0) is 13.7. The number of hydrogen-bond donors (Lipinski definition) is 1. The van der Waals surface area contributed by atoms with Gasteiger partial charge in [-0.05, 0) is 12.8 Å². The molecule has 9 nitrogen and oxygen atoms in total. The number of aliphatic carboxylic acids is 1. The van der Waals surface area contributed by atoms with Crippen molar-refractivity contribution in [3.8, 4) is 0 Å². The van der Waals surface area contributed by atoms with Crippen LogP contribution in [0.3, 0.4) is 0 Å². The Morgan fingerprint density at radius 1 is 1.61 bits per heavy atom. The first-order valence-electron chi connectivity index (χ1n) is 5.42. The zero-order valence-corrected chi connectivity index (χ0v) is 10.1. The van der Waals surface area contributed by atoms with Crippen molar-refractivity contribution in [2.75, 3.05) is 6.54 Å². The van der Waals surface area contributed by atoms with Gasteiger partial charge in [0.1, 0.15) is 0 Å². The first kappa shape index (κ1) is 14.0. The van der Waals surface area contributed by atoms with Crippen LogP contribution in [0.15, 0.2) is 5.28 Å². The quantitative estimate of drug-likeness (QED) is 0.248. The lowest BCUT2D eigenvalue weighted by atomic mass is 10.2. The molecule has 0 aromatic rings. The molecule has 9 heteroatoms. The van der Waals surface area contributed by atoms with Gasteiger partial charge in [0.25, 0.3) is 6.29 Å². The van der Waals surface area contributed by atoms with E-state index in [1.165, 1.54) is 13.8 Å². The van der Waals surface area contributed by atoms with Crippen molar-refractivity contribution >= 4 is 11.9 Å². The van der Waals surface area contributed by atoms with E-state index in [0.717, 1.165) is 5.01 Å². The van der Waals surface area contributed by atoms with Gasteiger partial charge in [-0.3, -0.25) is 9.63 Å². The summed E-state index contributed by atoms with van der Waals surface area (Å²) in [4.78, 5) is 26.1. The van der Waals surface area contributed by atoms with Gasteiger partial charge in [-0.25, -0.2) is 4.79 Å². The van der Waals surface area contributed by atoms with Crippen molar-refractivity contribution in [3.63, 3.8) is 0 Å². The summed E-state index contributed by atoms with van der Waals surface area (Å²) in [7, 11) is 0. The number of nitrogens with zero attached hydrogens (tertiary/aromatic N) is 3. The summed E-state index contributed by atoms with van der Waals surface area (Å²) in [6.07, 6.45) is -0.0433. The van der Waals surface area contributed by atoms with Gasteiger partial charge in [0, 0.05) is 13.8 Å². The van der Waals surface area contributed by atoms with E-state index >= 15 is 0 Å². The van der Waals surface area contributed by atoms with E-state index in [0.29, 0.717) is 12.8 Å². The number of esters is 1. The molecule has 1 unspecified atom stereocenters. The number of carboxylic acid groups (broad SMARTS) is 1. The van der Waals surface area contributed by atoms with Crippen LogP contribution >= 0.6 is 0 Å². The Kier molecular flexibility index (Phi) is 4.69. The first-order valence-corrected chi connectivity index (χ1v) is 5.42. The molecule has 0 bridgehead atoms. The van der Waals surface area contributed by atoms with Gasteiger partial charge in [-0.1, -0.05) is 0 Å². The average Bonchev–Trinajstić information content (AvgIpc) is 2.73. The smallest absolute Gasteiger partial charge is 0.332 e. The number of hydrogen-bond acceptors (Lipinski definition) is 6. The number of hydrazine groups is 1. The van der Waals surface area contributed by atoms with Crippen LogP contribution in [-0.4, -0.2) is 45.9 Å². The summed E-state index contributed by atoms with van der Waals surface area (Å²) in [5, 5.41) is 24.6. The molecule has 0 saturated carbocycles. The molecule has 1 heterocycles. The van der Waals surface area contributed by atoms with Gasteiger partial charge >= 0.3 is 11.9 Å². The predicted molar refractivity (Wildman–Crippen MR) is 55.7 cm³/mol. The predicted octanol–water partition coefficient (Wildman–Crippen LogP) is 0.254. The zero-order valence-electron chi connectivity index (χ0n) is 10.1. The van der Waals surface area contributed by atoms with Gasteiger partial charge in [0.05, 0.1) is 11.5 Å². The molecular weight excluding hydrogens is 246 g/mol. The number of ether oxygens (including phenoxy) is 1. The minimum atomic E-state index is -1.09. The van der Waals surface area contributed by atoms with Crippen molar-refractivity contribution in [1.82, 2.24) is 5.01 Å². The van der Waals surface area contributed by atoms with Gasteiger partial charge in [-0.2, -0.15) is 0 Å². The lowest BCUT2D eigenvalue weighted by Gasteiger charge is -2.16. The third-order valence-corrected chi connectivity index (χ3v) is 2.33. The van der Waals surface area contributed by atoms with Crippen LogP contribution in [-0.2, 0) is 19.2 Å². The fourth-order valence-corrected chi connectivity index (χ4v) is 1.62. The van der Waals surface area contributed by atoms with E-state index in [2.05, 4.69) is 14.9 Å². The summed E-state index contributed by atoms with van der Waals surface area (Å²) in [5.41, 5.74) is 0.